The Kier molecular flexibility index (Phi) is 5.58. The molecule has 0 bridgehead atoms. The zero-order chi connectivity index (χ0) is 19.3. The molecule has 4 rings (SSSR count). The van der Waals surface area contributed by atoms with Gasteiger partial charge in [-0.1, -0.05) is 26.0 Å². The fraction of sp³-hybridized carbons (Fsp3) is 0.364. The van der Waals surface area contributed by atoms with Gasteiger partial charge < -0.3 is 10.6 Å². The van der Waals surface area contributed by atoms with E-state index in [1.807, 2.05) is 36.7 Å². The van der Waals surface area contributed by atoms with Crippen LogP contribution in [0.1, 0.15) is 43.1 Å². The fourth-order valence-corrected chi connectivity index (χ4v) is 3.59. The Hall–Kier alpha value is -2.86. The number of aromatic nitrogens is 4. The van der Waals surface area contributed by atoms with Crippen molar-refractivity contribution in [1.82, 2.24) is 25.3 Å². The van der Waals surface area contributed by atoms with Crippen molar-refractivity contribution in [3.8, 4) is 11.5 Å². The molecule has 0 amide bonds. The maximum Gasteiger partial charge on any atom is 0.180 e. The third-order valence-electron chi connectivity index (χ3n) is 4.94. The summed E-state index contributed by atoms with van der Waals surface area (Å²) < 4.78 is 0. The quantitative estimate of drug-likeness (QED) is 0.684. The van der Waals surface area contributed by atoms with Gasteiger partial charge in [0, 0.05) is 30.7 Å². The number of anilines is 1. The Morgan fingerprint density at radius 1 is 1.11 bits per heavy atom. The third-order valence-corrected chi connectivity index (χ3v) is 4.94. The van der Waals surface area contributed by atoms with Gasteiger partial charge in [0.2, 0.25) is 0 Å². The molecule has 0 aromatic carbocycles. The molecule has 1 aliphatic rings. The van der Waals surface area contributed by atoms with Crippen LogP contribution in [0.4, 0.5) is 5.82 Å². The van der Waals surface area contributed by atoms with Gasteiger partial charge in [-0.3, -0.25) is 9.97 Å². The molecule has 2 N–H and O–H groups in total. The number of nitrogens with zero attached hydrogens (tertiary/aromatic N) is 4. The van der Waals surface area contributed by atoms with Crippen molar-refractivity contribution in [2.24, 2.45) is 5.92 Å². The van der Waals surface area contributed by atoms with E-state index in [0.29, 0.717) is 11.7 Å². The van der Waals surface area contributed by atoms with Gasteiger partial charge in [-0.2, -0.15) is 0 Å². The zero-order valence-electron chi connectivity index (χ0n) is 16.4. The molecule has 28 heavy (non-hydrogen) atoms. The first-order valence-electron chi connectivity index (χ1n) is 9.89. The lowest BCUT2D eigenvalue weighted by molar-refractivity contribution is 0.527. The van der Waals surface area contributed by atoms with Gasteiger partial charge in [-0.25, -0.2) is 9.97 Å². The van der Waals surface area contributed by atoms with E-state index in [4.69, 9.17) is 9.97 Å². The van der Waals surface area contributed by atoms with Gasteiger partial charge in [0.05, 0.1) is 11.7 Å². The van der Waals surface area contributed by atoms with Gasteiger partial charge in [0.1, 0.15) is 11.5 Å². The van der Waals surface area contributed by atoms with Crippen molar-refractivity contribution in [2.45, 2.75) is 39.3 Å². The third kappa shape index (κ3) is 4.17. The SMILES string of the molecule is CC(C)C[C@@H](Nc1nc(-c2ccccn2)nc2c1CCNC2)c1cccnc1. The van der Waals surface area contributed by atoms with Crippen molar-refractivity contribution in [1.29, 1.82) is 0 Å². The number of fused-ring (bicyclic) bond motifs is 1. The molecule has 3 aromatic rings. The Bertz CT molecular complexity index is 911. The molecule has 1 aliphatic heterocycles. The summed E-state index contributed by atoms with van der Waals surface area (Å²) >= 11 is 0. The minimum atomic E-state index is 0.152. The maximum atomic E-state index is 4.90. The van der Waals surface area contributed by atoms with E-state index in [-0.39, 0.29) is 6.04 Å². The standard InChI is InChI=1S/C22H26N6/c1-15(2)12-19(16-6-5-9-23-13-16)26-21-17-8-11-24-14-20(17)27-22(28-21)18-7-3-4-10-25-18/h3-7,9-10,13,15,19,24H,8,11-12,14H2,1-2H3,(H,26,27,28)/t19-/m1/s1. The summed E-state index contributed by atoms with van der Waals surface area (Å²) in [6.45, 7) is 6.18. The fourth-order valence-electron chi connectivity index (χ4n) is 3.59. The summed E-state index contributed by atoms with van der Waals surface area (Å²) in [5, 5.41) is 7.13. The molecule has 6 heteroatoms. The van der Waals surface area contributed by atoms with E-state index >= 15 is 0 Å². The van der Waals surface area contributed by atoms with Gasteiger partial charge in [0.15, 0.2) is 5.82 Å². The summed E-state index contributed by atoms with van der Waals surface area (Å²) in [5.41, 5.74) is 4.23. The average Bonchev–Trinajstić information content (AvgIpc) is 2.74. The second-order valence-corrected chi connectivity index (χ2v) is 7.58. The lowest BCUT2D eigenvalue weighted by Gasteiger charge is -2.26. The summed E-state index contributed by atoms with van der Waals surface area (Å²) in [4.78, 5) is 18.4. The number of pyridine rings is 2. The van der Waals surface area contributed by atoms with Crippen LogP contribution in [-0.4, -0.2) is 26.5 Å². The molecule has 6 nitrogen and oxygen atoms in total. The largest absolute Gasteiger partial charge is 0.363 e. The van der Waals surface area contributed by atoms with Crippen LogP contribution in [0.2, 0.25) is 0 Å². The number of hydrogen-bond acceptors (Lipinski definition) is 6. The highest BCUT2D eigenvalue weighted by molar-refractivity contribution is 5.58. The van der Waals surface area contributed by atoms with Crippen molar-refractivity contribution in [3.05, 3.63) is 65.7 Å². The molecule has 0 saturated carbocycles. The molecule has 0 aliphatic carbocycles. The van der Waals surface area contributed by atoms with Crippen LogP contribution in [0, 0.1) is 5.92 Å². The highest BCUT2D eigenvalue weighted by atomic mass is 15.1. The topological polar surface area (TPSA) is 75.6 Å². The molecule has 0 unspecified atom stereocenters. The monoisotopic (exact) mass is 374 g/mol. The van der Waals surface area contributed by atoms with Crippen LogP contribution in [0.15, 0.2) is 48.9 Å². The van der Waals surface area contributed by atoms with E-state index in [2.05, 4.69) is 40.5 Å². The van der Waals surface area contributed by atoms with Crippen LogP contribution in [0.3, 0.4) is 0 Å². The first-order valence-corrected chi connectivity index (χ1v) is 9.89. The lowest BCUT2D eigenvalue weighted by Crippen LogP contribution is -2.27. The smallest absolute Gasteiger partial charge is 0.180 e. The van der Waals surface area contributed by atoms with Crippen molar-refractivity contribution in [3.63, 3.8) is 0 Å². The Morgan fingerprint density at radius 2 is 2.04 bits per heavy atom. The maximum absolute atomic E-state index is 4.90. The predicted octanol–water partition coefficient (Wildman–Crippen LogP) is 3.78. The Morgan fingerprint density at radius 3 is 2.79 bits per heavy atom. The molecule has 0 fully saturated rings. The van der Waals surface area contributed by atoms with E-state index < -0.39 is 0 Å². The van der Waals surface area contributed by atoms with E-state index in [1.165, 1.54) is 11.1 Å². The Balaban J connectivity index is 1.74. The molecule has 3 aromatic heterocycles. The van der Waals surface area contributed by atoms with Crippen LogP contribution < -0.4 is 10.6 Å². The second-order valence-electron chi connectivity index (χ2n) is 7.58. The normalized spacial score (nSPS) is 14.5. The van der Waals surface area contributed by atoms with Crippen LogP contribution in [0.25, 0.3) is 11.5 Å². The Labute approximate surface area is 165 Å². The summed E-state index contributed by atoms with van der Waals surface area (Å²) in [6, 6.07) is 10.1. The van der Waals surface area contributed by atoms with Gasteiger partial charge >= 0.3 is 0 Å². The molecule has 0 spiro atoms. The highest BCUT2D eigenvalue weighted by Gasteiger charge is 2.22. The minimum Gasteiger partial charge on any atom is -0.363 e. The zero-order valence-corrected chi connectivity index (χ0v) is 16.4. The number of nitrogens with one attached hydrogen (secondary N) is 2. The van der Waals surface area contributed by atoms with Crippen molar-refractivity contribution in [2.75, 3.05) is 11.9 Å². The first-order chi connectivity index (χ1) is 13.7. The second kappa shape index (κ2) is 8.44. The first kappa shape index (κ1) is 18.5. The molecular weight excluding hydrogens is 348 g/mol. The van der Waals surface area contributed by atoms with E-state index in [9.17, 15) is 0 Å². The molecule has 0 saturated heterocycles. The summed E-state index contributed by atoms with van der Waals surface area (Å²) in [5.74, 6) is 2.13. The van der Waals surface area contributed by atoms with Crippen molar-refractivity contribution < 1.29 is 0 Å². The summed E-state index contributed by atoms with van der Waals surface area (Å²) in [6.07, 6.45) is 7.45. The van der Waals surface area contributed by atoms with Gasteiger partial charge in [0.25, 0.3) is 0 Å². The molecule has 1 atom stereocenters. The molecule has 144 valence electrons. The van der Waals surface area contributed by atoms with Crippen LogP contribution in [0.5, 0.6) is 0 Å². The van der Waals surface area contributed by atoms with E-state index in [1.54, 1.807) is 6.20 Å². The van der Waals surface area contributed by atoms with Crippen LogP contribution >= 0.6 is 0 Å². The predicted molar refractivity (Wildman–Crippen MR) is 111 cm³/mol. The lowest BCUT2D eigenvalue weighted by atomic mass is 9.97. The van der Waals surface area contributed by atoms with Crippen molar-refractivity contribution >= 4 is 5.82 Å². The van der Waals surface area contributed by atoms with Crippen LogP contribution in [-0.2, 0) is 13.0 Å². The molecule has 4 heterocycles. The summed E-state index contributed by atoms with van der Waals surface area (Å²) in [7, 11) is 0. The highest BCUT2D eigenvalue weighted by Crippen LogP contribution is 2.30. The van der Waals surface area contributed by atoms with Gasteiger partial charge in [-0.15, -0.1) is 0 Å². The number of hydrogen-bond donors (Lipinski definition) is 2. The van der Waals surface area contributed by atoms with E-state index in [0.717, 1.165) is 43.1 Å². The number of rotatable bonds is 6. The minimum absolute atomic E-state index is 0.152. The molecular formula is C22H26N6. The average molecular weight is 374 g/mol. The van der Waals surface area contributed by atoms with Gasteiger partial charge in [-0.05, 0) is 49.1 Å². The molecule has 0 radical (unpaired) electrons.